The highest BCUT2D eigenvalue weighted by Gasteiger charge is 2.31. The molecule has 0 aliphatic carbocycles. The molecule has 100 valence electrons. The molecule has 0 spiro atoms. The SMILES string of the molecule is Cc1ccc(S(=O)(=O)C2CN(C)CCN2)c(C)c1. The molecule has 0 aromatic heterocycles. The Morgan fingerprint density at radius 1 is 1.33 bits per heavy atom. The first kappa shape index (κ1) is 13.5. The quantitative estimate of drug-likeness (QED) is 0.867. The molecule has 0 amide bonds. The summed E-state index contributed by atoms with van der Waals surface area (Å²) in [4.78, 5) is 2.49. The maximum absolute atomic E-state index is 12.6. The lowest BCUT2D eigenvalue weighted by atomic mass is 10.2. The number of likely N-dealkylation sites (N-methyl/N-ethyl adjacent to an activating group) is 1. The Balaban J connectivity index is 2.35. The summed E-state index contributed by atoms with van der Waals surface area (Å²) in [6.07, 6.45) is 0. The highest BCUT2D eigenvalue weighted by molar-refractivity contribution is 7.92. The van der Waals surface area contributed by atoms with Crippen LogP contribution >= 0.6 is 0 Å². The zero-order valence-corrected chi connectivity index (χ0v) is 11.9. The van der Waals surface area contributed by atoms with Crippen molar-refractivity contribution in [3.63, 3.8) is 0 Å². The molecular weight excluding hydrogens is 248 g/mol. The minimum Gasteiger partial charge on any atom is -0.302 e. The van der Waals surface area contributed by atoms with Crippen LogP contribution in [0.2, 0.25) is 0 Å². The highest BCUT2D eigenvalue weighted by Crippen LogP contribution is 2.21. The van der Waals surface area contributed by atoms with Crippen molar-refractivity contribution in [3.8, 4) is 0 Å². The molecule has 1 N–H and O–H groups in total. The van der Waals surface area contributed by atoms with Gasteiger partial charge in [0.25, 0.3) is 0 Å². The summed E-state index contributed by atoms with van der Waals surface area (Å²) in [6, 6.07) is 5.49. The van der Waals surface area contributed by atoms with Gasteiger partial charge in [0.2, 0.25) is 0 Å². The Bertz CT molecular complexity index is 540. The topological polar surface area (TPSA) is 49.4 Å². The minimum atomic E-state index is -3.30. The van der Waals surface area contributed by atoms with E-state index in [1.807, 2.05) is 37.9 Å². The third-order valence-electron chi connectivity index (χ3n) is 3.35. The molecule has 4 nitrogen and oxygen atoms in total. The third kappa shape index (κ3) is 2.58. The average Bonchev–Trinajstić information content (AvgIpc) is 2.28. The van der Waals surface area contributed by atoms with Crippen LogP contribution in [0.3, 0.4) is 0 Å². The Labute approximate surface area is 109 Å². The Kier molecular flexibility index (Phi) is 3.75. The van der Waals surface area contributed by atoms with Crippen LogP contribution in [0, 0.1) is 13.8 Å². The molecule has 1 atom stereocenters. The first-order valence-corrected chi connectivity index (χ1v) is 7.69. The van der Waals surface area contributed by atoms with Crippen LogP contribution in [0.15, 0.2) is 23.1 Å². The molecule has 2 rings (SSSR count). The summed E-state index contributed by atoms with van der Waals surface area (Å²) >= 11 is 0. The van der Waals surface area contributed by atoms with E-state index in [9.17, 15) is 8.42 Å². The second kappa shape index (κ2) is 4.99. The van der Waals surface area contributed by atoms with Crippen molar-refractivity contribution < 1.29 is 8.42 Å². The maximum Gasteiger partial charge on any atom is 0.195 e. The molecule has 5 heteroatoms. The summed E-state index contributed by atoms with van der Waals surface area (Å²) in [7, 11) is -1.35. The molecule has 0 radical (unpaired) electrons. The molecule has 1 aliphatic heterocycles. The molecule has 0 saturated carbocycles. The van der Waals surface area contributed by atoms with Crippen LogP contribution in [0.25, 0.3) is 0 Å². The van der Waals surface area contributed by atoms with Crippen LogP contribution in [0.5, 0.6) is 0 Å². The molecule has 1 fully saturated rings. The van der Waals surface area contributed by atoms with Crippen LogP contribution in [0.1, 0.15) is 11.1 Å². The van der Waals surface area contributed by atoms with E-state index in [0.29, 0.717) is 18.0 Å². The summed E-state index contributed by atoms with van der Waals surface area (Å²) in [6.45, 7) is 5.96. The molecule has 1 unspecified atom stereocenters. The molecule has 1 aromatic rings. The average molecular weight is 268 g/mol. The minimum absolute atomic E-state index is 0.445. The van der Waals surface area contributed by atoms with Gasteiger partial charge in [-0.3, -0.25) is 5.32 Å². The van der Waals surface area contributed by atoms with Gasteiger partial charge in [-0.2, -0.15) is 0 Å². The fourth-order valence-electron chi connectivity index (χ4n) is 2.33. The maximum atomic E-state index is 12.6. The first-order valence-electron chi connectivity index (χ1n) is 6.14. The van der Waals surface area contributed by atoms with E-state index in [-0.39, 0.29) is 0 Å². The number of sulfone groups is 1. The largest absolute Gasteiger partial charge is 0.302 e. The zero-order chi connectivity index (χ0) is 13.3. The predicted octanol–water partition coefficient (Wildman–Crippen LogP) is 0.938. The van der Waals surface area contributed by atoms with Gasteiger partial charge >= 0.3 is 0 Å². The smallest absolute Gasteiger partial charge is 0.195 e. The number of hydrogen-bond acceptors (Lipinski definition) is 4. The Morgan fingerprint density at radius 2 is 2.06 bits per heavy atom. The number of aryl methyl sites for hydroxylation is 2. The van der Waals surface area contributed by atoms with Gasteiger partial charge in [-0.1, -0.05) is 17.7 Å². The molecule has 1 aromatic carbocycles. The van der Waals surface area contributed by atoms with Crippen molar-refractivity contribution in [2.75, 3.05) is 26.7 Å². The van der Waals surface area contributed by atoms with Crippen LogP contribution < -0.4 is 5.32 Å². The van der Waals surface area contributed by atoms with Crippen molar-refractivity contribution in [1.82, 2.24) is 10.2 Å². The Morgan fingerprint density at radius 3 is 2.67 bits per heavy atom. The number of nitrogens with one attached hydrogen (secondary N) is 1. The zero-order valence-electron chi connectivity index (χ0n) is 11.1. The Hall–Kier alpha value is -0.910. The third-order valence-corrected chi connectivity index (χ3v) is 5.49. The second-order valence-electron chi connectivity index (χ2n) is 5.02. The fourth-order valence-corrected chi connectivity index (χ4v) is 4.19. The molecular formula is C13H20N2O2S. The standard InChI is InChI=1S/C13H20N2O2S/c1-10-4-5-12(11(2)8-10)18(16,17)13-9-15(3)7-6-14-13/h4-5,8,13-14H,6-7,9H2,1-3H3. The van der Waals surface area contributed by atoms with Crippen LogP contribution in [0.4, 0.5) is 0 Å². The number of hydrogen-bond donors (Lipinski definition) is 1. The van der Waals surface area contributed by atoms with Crippen molar-refractivity contribution in [1.29, 1.82) is 0 Å². The second-order valence-corrected chi connectivity index (χ2v) is 7.12. The lowest BCUT2D eigenvalue weighted by Gasteiger charge is -2.30. The van der Waals surface area contributed by atoms with E-state index in [1.165, 1.54) is 0 Å². The normalized spacial score (nSPS) is 22.1. The number of benzene rings is 1. The number of rotatable bonds is 2. The molecule has 1 heterocycles. The summed E-state index contributed by atoms with van der Waals surface area (Å²) in [5, 5.41) is 2.60. The summed E-state index contributed by atoms with van der Waals surface area (Å²) < 4.78 is 25.2. The molecule has 1 aliphatic rings. The first-order chi connectivity index (χ1) is 8.41. The van der Waals surface area contributed by atoms with E-state index in [1.54, 1.807) is 6.07 Å². The van der Waals surface area contributed by atoms with Gasteiger partial charge < -0.3 is 4.90 Å². The molecule has 1 saturated heterocycles. The van der Waals surface area contributed by atoms with E-state index < -0.39 is 15.2 Å². The van der Waals surface area contributed by atoms with Gasteiger partial charge in [0.15, 0.2) is 9.84 Å². The molecule has 18 heavy (non-hydrogen) atoms. The number of nitrogens with zero attached hydrogens (tertiary/aromatic N) is 1. The van der Waals surface area contributed by atoms with Crippen molar-refractivity contribution >= 4 is 9.84 Å². The molecule has 0 bridgehead atoms. The summed E-state index contributed by atoms with van der Waals surface area (Å²) in [5.41, 5.74) is 1.91. The predicted molar refractivity (Wildman–Crippen MR) is 72.4 cm³/mol. The van der Waals surface area contributed by atoms with E-state index >= 15 is 0 Å². The van der Waals surface area contributed by atoms with Gasteiger partial charge in [0.05, 0.1) is 4.90 Å². The van der Waals surface area contributed by atoms with Gasteiger partial charge in [-0.25, -0.2) is 8.42 Å². The number of piperazine rings is 1. The van der Waals surface area contributed by atoms with Gasteiger partial charge in [0.1, 0.15) is 5.37 Å². The fraction of sp³-hybridized carbons (Fsp3) is 0.538. The highest BCUT2D eigenvalue weighted by atomic mass is 32.2. The lowest BCUT2D eigenvalue weighted by Crippen LogP contribution is -2.52. The van der Waals surface area contributed by atoms with Crippen LogP contribution in [-0.4, -0.2) is 45.4 Å². The monoisotopic (exact) mass is 268 g/mol. The van der Waals surface area contributed by atoms with E-state index in [0.717, 1.165) is 17.7 Å². The van der Waals surface area contributed by atoms with Crippen LogP contribution in [-0.2, 0) is 9.84 Å². The van der Waals surface area contributed by atoms with E-state index in [2.05, 4.69) is 5.32 Å². The van der Waals surface area contributed by atoms with Gasteiger partial charge in [-0.15, -0.1) is 0 Å². The van der Waals surface area contributed by atoms with Gasteiger partial charge in [0, 0.05) is 19.6 Å². The van der Waals surface area contributed by atoms with Crippen molar-refractivity contribution in [2.45, 2.75) is 24.1 Å². The lowest BCUT2D eigenvalue weighted by molar-refractivity contribution is 0.272. The van der Waals surface area contributed by atoms with E-state index in [4.69, 9.17) is 0 Å². The van der Waals surface area contributed by atoms with Gasteiger partial charge in [-0.05, 0) is 32.5 Å². The van der Waals surface area contributed by atoms with Crippen molar-refractivity contribution in [2.24, 2.45) is 0 Å². The van der Waals surface area contributed by atoms with Crippen molar-refractivity contribution in [3.05, 3.63) is 29.3 Å². The summed E-state index contributed by atoms with van der Waals surface area (Å²) in [5.74, 6) is 0.